The van der Waals surface area contributed by atoms with E-state index < -0.39 is 5.04 Å². The van der Waals surface area contributed by atoms with Gasteiger partial charge < -0.3 is 0 Å². The number of hydrogen-bond acceptors (Lipinski definition) is 1. The number of halogens is 1. The van der Waals surface area contributed by atoms with Gasteiger partial charge in [-0.25, -0.2) is 9.34 Å². The fourth-order valence-electron chi connectivity index (χ4n) is 1.63. The Bertz CT molecular complexity index is 277. The van der Waals surface area contributed by atoms with Gasteiger partial charge in [-0.3, -0.25) is 0 Å². The SMILES string of the molecule is CC1(C)CN1P(=S)(Br)N1CC1(C)C. The van der Waals surface area contributed by atoms with Crippen molar-refractivity contribution in [3.8, 4) is 0 Å². The minimum atomic E-state index is -1.54. The van der Waals surface area contributed by atoms with Crippen molar-refractivity contribution in [3.05, 3.63) is 0 Å². The van der Waals surface area contributed by atoms with E-state index in [1.165, 1.54) is 0 Å². The minimum absolute atomic E-state index is 0.331. The molecule has 0 bridgehead atoms. The van der Waals surface area contributed by atoms with Crippen LogP contribution in [-0.2, 0) is 11.8 Å². The highest BCUT2D eigenvalue weighted by Crippen LogP contribution is 2.74. The van der Waals surface area contributed by atoms with Crippen LogP contribution in [0, 0.1) is 0 Å². The van der Waals surface area contributed by atoms with Crippen LogP contribution in [0.15, 0.2) is 0 Å². The zero-order valence-corrected chi connectivity index (χ0v) is 11.8. The van der Waals surface area contributed by atoms with Crippen molar-refractivity contribution in [2.75, 3.05) is 13.1 Å². The van der Waals surface area contributed by atoms with Crippen LogP contribution in [0.3, 0.4) is 0 Å². The second-order valence-electron chi connectivity index (χ2n) is 5.21. The summed E-state index contributed by atoms with van der Waals surface area (Å²) in [6.45, 7) is 11.3. The summed E-state index contributed by atoms with van der Waals surface area (Å²) in [5, 5.41) is -1.54. The molecule has 0 amide bonds. The number of nitrogens with zero attached hydrogens (tertiary/aromatic N) is 2. The van der Waals surface area contributed by atoms with E-state index >= 15 is 0 Å². The maximum absolute atomic E-state index is 5.69. The summed E-state index contributed by atoms with van der Waals surface area (Å²) in [5.74, 6) is 0. The van der Waals surface area contributed by atoms with Gasteiger partial charge in [-0.1, -0.05) is 11.8 Å². The third kappa shape index (κ3) is 1.65. The van der Waals surface area contributed by atoms with Gasteiger partial charge in [0.15, 0.2) is 0 Å². The summed E-state index contributed by atoms with van der Waals surface area (Å²) < 4.78 is 4.84. The Morgan fingerprint density at radius 2 is 1.31 bits per heavy atom. The molecule has 0 N–H and O–H groups in total. The van der Waals surface area contributed by atoms with Crippen molar-refractivity contribution in [1.29, 1.82) is 0 Å². The van der Waals surface area contributed by atoms with Crippen molar-refractivity contribution >= 4 is 32.3 Å². The molecule has 2 unspecified atom stereocenters. The summed E-state index contributed by atoms with van der Waals surface area (Å²) in [7, 11) is 0. The molecule has 0 radical (unpaired) electrons. The summed E-state index contributed by atoms with van der Waals surface area (Å²) in [5.41, 5.74) is 0.662. The van der Waals surface area contributed by atoms with E-state index in [0.717, 1.165) is 13.1 Å². The molecule has 0 spiro atoms. The Hall–Kier alpha value is 1.05. The van der Waals surface area contributed by atoms with Gasteiger partial charge in [0.25, 0.3) is 0 Å². The molecule has 2 fully saturated rings. The van der Waals surface area contributed by atoms with E-state index in [1.807, 2.05) is 0 Å². The lowest BCUT2D eigenvalue weighted by Gasteiger charge is -2.22. The third-order valence-electron chi connectivity index (χ3n) is 2.86. The lowest BCUT2D eigenvalue weighted by molar-refractivity contribution is 0.593. The predicted molar refractivity (Wildman–Crippen MR) is 64.8 cm³/mol. The van der Waals surface area contributed by atoms with E-state index in [9.17, 15) is 0 Å². The van der Waals surface area contributed by atoms with Crippen LogP contribution in [0.2, 0.25) is 0 Å². The lowest BCUT2D eigenvalue weighted by atomic mass is 10.2. The van der Waals surface area contributed by atoms with Gasteiger partial charge in [0.1, 0.15) is 5.04 Å². The molecule has 2 nitrogen and oxygen atoms in total. The lowest BCUT2D eigenvalue weighted by Crippen LogP contribution is -2.12. The van der Waals surface area contributed by atoms with Crippen molar-refractivity contribution in [2.45, 2.75) is 38.8 Å². The highest BCUT2D eigenvalue weighted by molar-refractivity contribution is 9.43. The summed E-state index contributed by atoms with van der Waals surface area (Å²) in [6.07, 6.45) is 0. The average Bonchev–Trinajstić information content (AvgIpc) is 2.71. The van der Waals surface area contributed by atoms with Gasteiger partial charge in [0.2, 0.25) is 0 Å². The maximum atomic E-state index is 5.69. The van der Waals surface area contributed by atoms with Crippen LogP contribution >= 0.6 is 20.5 Å². The first kappa shape index (κ1) is 10.6. The smallest absolute Gasteiger partial charge is 0.142 e. The first-order valence-corrected chi connectivity index (χ1v) is 9.26. The molecule has 2 aliphatic heterocycles. The molecule has 0 aromatic carbocycles. The Kier molecular flexibility index (Phi) is 2.10. The van der Waals surface area contributed by atoms with E-state index in [1.54, 1.807) is 0 Å². The molecule has 2 aliphatic rings. The quantitative estimate of drug-likeness (QED) is 0.568. The van der Waals surface area contributed by atoms with Gasteiger partial charge >= 0.3 is 0 Å². The van der Waals surface area contributed by atoms with Gasteiger partial charge in [-0.2, -0.15) is 0 Å². The van der Waals surface area contributed by atoms with Crippen molar-refractivity contribution in [1.82, 2.24) is 9.34 Å². The summed E-state index contributed by atoms with van der Waals surface area (Å²) in [6, 6.07) is 0. The van der Waals surface area contributed by atoms with Gasteiger partial charge in [-0.15, -0.1) is 0 Å². The van der Waals surface area contributed by atoms with Crippen LogP contribution in [0.1, 0.15) is 27.7 Å². The topological polar surface area (TPSA) is 6.02 Å². The van der Waals surface area contributed by atoms with Crippen LogP contribution in [-0.4, -0.2) is 33.5 Å². The van der Waals surface area contributed by atoms with Crippen molar-refractivity contribution in [3.63, 3.8) is 0 Å². The largest absolute Gasteiger partial charge is 0.247 e. The van der Waals surface area contributed by atoms with Crippen LogP contribution < -0.4 is 0 Å². The van der Waals surface area contributed by atoms with Crippen LogP contribution in [0.25, 0.3) is 0 Å². The van der Waals surface area contributed by atoms with E-state index in [-0.39, 0.29) is 0 Å². The molecule has 76 valence electrons. The van der Waals surface area contributed by atoms with Crippen molar-refractivity contribution in [2.24, 2.45) is 0 Å². The Labute approximate surface area is 93.5 Å². The maximum Gasteiger partial charge on any atom is 0.142 e. The molecule has 0 aliphatic carbocycles. The van der Waals surface area contributed by atoms with Crippen molar-refractivity contribution < 1.29 is 0 Å². The Balaban J connectivity index is 2.12. The second-order valence-corrected chi connectivity index (χ2v) is 13.0. The zero-order chi connectivity index (χ0) is 10.1. The number of hydrogen-bond donors (Lipinski definition) is 0. The summed E-state index contributed by atoms with van der Waals surface area (Å²) >= 11 is 9.46. The van der Waals surface area contributed by atoms with E-state index in [2.05, 4.69) is 52.5 Å². The molecule has 0 aromatic rings. The monoisotopic (exact) mass is 282 g/mol. The second kappa shape index (κ2) is 2.59. The van der Waals surface area contributed by atoms with Gasteiger partial charge in [-0.05, 0) is 43.2 Å². The van der Waals surface area contributed by atoms with Crippen LogP contribution in [0.5, 0.6) is 0 Å². The molecule has 13 heavy (non-hydrogen) atoms. The predicted octanol–water partition coefficient (Wildman–Crippen LogP) is 2.79. The highest BCUT2D eigenvalue weighted by atomic mass is 79.9. The molecular weight excluding hydrogens is 267 g/mol. The zero-order valence-electron chi connectivity index (χ0n) is 8.54. The Morgan fingerprint density at radius 1 is 1.08 bits per heavy atom. The first-order chi connectivity index (χ1) is 5.68. The fourth-order valence-corrected chi connectivity index (χ4v) is 9.19. The highest BCUT2D eigenvalue weighted by Gasteiger charge is 2.60. The average molecular weight is 283 g/mol. The summed E-state index contributed by atoms with van der Waals surface area (Å²) in [4.78, 5) is 0. The Morgan fingerprint density at radius 3 is 1.46 bits per heavy atom. The first-order valence-electron chi connectivity index (χ1n) is 4.54. The van der Waals surface area contributed by atoms with Gasteiger partial charge in [0.05, 0.1) is 0 Å². The minimum Gasteiger partial charge on any atom is -0.247 e. The third-order valence-corrected chi connectivity index (χ3v) is 8.90. The number of rotatable bonds is 2. The van der Waals surface area contributed by atoms with E-state index in [4.69, 9.17) is 11.8 Å². The molecule has 2 rings (SSSR count). The molecule has 0 aromatic heterocycles. The molecule has 2 atom stereocenters. The molecule has 2 saturated heterocycles. The molecule has 0 saturated carbocycles. The molecular formula is C8H16BrN2PS. The van der Waals surface area contributed by atoms with Crippen LogP contribution in [0.4, 0.5) is 0 Å². The van der Waals surface area contributed by atoms with Gasteiger partial charge in [0, 0.05) is 24.2 Å². The molecule has 5 heteroatoms. The van der Waals surface area contributed by atoms with E-state index in [0.29, 0.717) is 11.1 Å². The normalized spacial score (nSPS) is 43.8. The fraction of sp³-hybridized carbons (Fsp3) is 1.00. The standard InChI is InChI=1S/C8H16BrN2PS/c1-7(2)5-10(7)12(9,13)11-6-8(11,3)4/h5-6H2,1-4H3. The molecule has 2 heterocycles.